The van der Waals surface area contributed by atoms with Gasteiger partial charge in [-0.25, -0.2) is 0 Å². The molecule has 0 aromatic heterocycles. The lowest BCUT2D eigenvalue weighted by atomic mass is 9.94. The van der Waals surface area contributed by atoms with Gasteiger partial charge in [-0.2, -0.15) is 0 Å². The standard InChI is InChI=1S/C19H27NO2.C18H29NO3/c1-4-6-10-17-13-14-20(18(17)19(21)22-5-2)15(3)16-11-8-7-9-12-16;1-5-7-9-14(3)15(4)19-12-11-16(10-8-13-20)17(19)18(21)22-6-2/h4,7-9,11-12,15,17-18H,1,5-6,10,13-14H2,2-3H3;5,7,9,13,15-17H,6,8,10-12H2,1-4H3/b;7-5-,14-9+/t15-,17?,18?;15-,16+,17-/m00/s1. The summed E-state index contributed by atoms with van der Waals surface area (Å²) in [5.41, 5.74) is 2.48. The molecule has 7 nitrogen and oxygen atoms in total. The minimum absolute atomic E-state index is 0.0724. The number of carbonyl (C=O) groups is 3. The van der Waals surface area contributed by atoms with E-state index in [4.69, 9.17) is 9.47 Å². The molecule has 0 spiro atoms. The summed E-state index contributed by atoms with van der Waals surface area (Å²) >= 11 is 0. The highest BCUT2D eigenvalue weighted by atomic mass is 16.5. The van der Waals surface area contributed by atoms with Gasteiger partial charge in [-0.05, 0) is 104 Å². The van der Waals surface area contributed by atoms with Crippen molar-refractivity contribution in [2.24, 2.45) is 11.8 Å². The predicted molar refractivity (Wildman–Crippen MR) is 178 cm³/mol. The molecular weight excluding hydrogens is 552 g/mol. The lowest BCUT2D eigenvalue weighted by Gasteiger charge is -2.32. The van der Waals surface area contributed by atoms with Crippen LogP contribution in [0.3, 0.4) is 0 Å². The zero-order chi connectivity index (χ0) is 32.5. The molecule has 0 bridgehead atoms. The van der Waals surface area contributed by atoms with Crippen LogP contribution in [0.1, 0.15) is 91.7 Å². The van der Waals surface area contributed by atoms with Gasteiger partial charge in [0.05, 0.1) is 13.2 Å². The second kappa shape index (κ2) is 20.1. The molecule has 0 aliphatic carbocycles. The van der Waals surface area contributed by atoms with Gasteiger partial charge in [0.15, 0.2) is 0 Å². The average molecular weight is 609 g/mol. The molecule has 1 aromatic rings. The number of rotatable bonds is 15. The molecule has 2 heterocycles. The van der Waals surface area contributed by atoms with E-state index in [1.807, 2.05) is 45.1 Å². The zero-order valence-corrected chi connectivity index (χ0v) is 28.0. The molecule has 0 saturated carbocycles. The number of esters is 2. The quantitative estimate of drug-likeness (QED) is 0.0910. The Balaban J connectivity index is 0.000000307. The number of allylic oxidation sites excluding steroid dienone is 4. The summed E-state index contributed by atoms with van der Waals surface area (Å²) in [5, 5.41) is 0. The topological polar surface area (TPSA) is 76.2 Å². The van der Waals surface area contributed by atoms with Crippen molar-refractivity contribution < 1.29 is 23.9 Å². The number of ether oxygens (including phenoxy) is 2. The highest BCUT2D eigenvalue weighted by Crippen LogP contribution is 2.36. The Kier molecular flexibility index (Phi) is 17.0. The Morgan fingerprint density at radius 1 is 0.932 bits per heavy atom. The molecule has 0 N–H and O–H groups in total. The van der Waals surface area contributed by atoms with Gasteiger partial charge in [0.25, 0.3) is 0 Å². The molecule has 7 heteroatoms. The second-order valence-electron chi connectivity index (χ2n) is 11.8. The molecule has 44 heavy (non-hydrogen) atoms. The maximum absolute atomic E-state index is 12.5. The minimum Gasteiger partial charge on any atom is -0.465 e. The summed E-state index contributed by atoms with van der Waals surface area (Å²) in [4.78, 5) is 40.1. The van der Waals surface area contributed by atoms with Crippen LogP contribution >= 0.6 is 0 Å². The van der Waals surface area contributed by atoms with Crippen molar-refractivity contribution in [3.8, 4) is 0 Å². The zero-order valence-electron chi connectivity index (χ0n) is 28.0. The highest BCUT2D eigenvalue weighted by molar-refractivity contribution is 5.77. The van der Waals surface area contributed by atoms with Crippen molar-refractivity contribution in [1.29, 1.82) is 0 Å². The smallest absolute Gasteiger partial charge is 0.323 e. The maximum Gasteiger partial charge on any atom is 0.323 e. The lowest BCUT2D eigenvalue weighted by Crippen LogP contribution is -2.45. The van der Waals surface area contributed by atoms with E-state index in [0.29, 0.717) is 25.6 Å². The molecule has 6 atom stereocenters. The summed E-state index contributed by atoms with van der Waals surface area (Å²) in [6, 6.07) is 10.4. The van der Waals surface area contributed by atoms with E-state index >= 15 is 0 Å². The van der Waals surface area contributed by atoms with Gasteiger partial charge in [-0.15, -0.1) is 6.58 Å². The SMILES string of the molecule is C/C=C\C=C(/C)[C@H](C)N1CC[C@@H](CCC=O)[C@H]1C(=O)OCC.C=CCCC1CCN([C@@H](C)c2ccccc2)C1C(=O)OCC. The summed E-state index contributed by atoms with van der Waals surface area (Å²) in [6.07, 6.45) is 14.2. The van der Waals surface area contributed by atoms with Crippen LogP contribution in [0.5, 0.6) is 0 Å². The van der Waals surface area contributed by atoms with Gasteiger partial charge >= 0.3 is 11.9 Å². The van der Waals surface area contributed by atoms with Crippen LogP contribution in [0.25, 0.3) is 0 Å². The molecule has 244 valence electrons. The molecule has 2 unspecified atom stereocenters. The fourth-order valence-corrected chi connectivity index (χ4v) is 6.54. The van der Waals surface area contributed by atoms with E-state index < -0.39 is 0 Å². The Morgan fingerprint density at radius 3 is 2.00 bits per heavy atom. The fraction of sp³-hybridized carbons (Fsp3) is 0.595. The van der Waals surface area contributed by atoms with Crippen LogP contribution in [0.15, 0.2) is 66.8 Å². The Hall–Kier alpha value is -3.03. The number of benzene rings is 1. The van der Waals surface area contributed by atoms with Crippen molar-refractivity contribution in [3.63, 3.8) is 0 Å². The van der Waals surface area contributed by atoms with Crippen molar-refractivity contribution >= 4 is 18.2 Å². The van der Waals surface area contributed by atoms with E-state index in [9.17, 15) is 14.4 Å². The highest BCUT2D eigenvalue weighted by Gasteiger charge is 2.43. The third kappa shape index (κ3) is 10.6. The van der Waals surface area contributed by atoms with Crippen LogP contribution in [-0.4, -0.2) is 72.5 Å². The number of carbonyl (C=O) groups excluding carboxylic acids is 3. The maximum atomic E-state index is 12.5. The molecule has 2 aliphatic heterocycles. The van der Waals surface area contributed by atoms with Gasteiger partial charge in [-0.1, -0.05) is 60.2 Å². The first-order valence-corrected chi connectivity index (χ1v) is 16.5. The fourth-order valence-electron chi connectivity index (χ4n) is 6.54. The molecule has 0 amide bonds. The van der Waals surface area contributed by atoms with Gasteiger partial charge in [0.1, 0.15) is 18.4 Å². The van der Waals surface area contributed by atoms with Crippen LogP contribution in [0.4, 0.5) is 0 Å². The third-order valence-electron chi connectivity index (χ3n) is 9.06. The molecule has 0 radical (unpaired) electrons. The van der Waals surface area contributed by atoms with Gasteiger partial charge in [-0.3, -0.25) is 19.4 Å². The van der Waals surface area contributed by atoms with Crippen molar-refractivity contribution in [3.05, 3.63) is 72.4 Å². The molecule has 3 rings (SSSR count). The first kappa shape index (κ1) is 37.2. The van der Waals surface area contributed by atoms with Gasteiger partial charge in [0, 0.05) is 18.5 Å². The first-order chi connectivity index (χ1) is 21.2. The number of likely N-dealkylation sites (tertiary alicyclic amines) is 2. The Labute approximate surface area is 266 Å². The summed E-state index contributed by atoms with van der Waals surface area (Å²) < 4.78 is 10.6. The monoisotopic (exact) mass is 608 g/mol. The normalized spacial score (nSPS) is 23.9. The minimum atomic E-state index is -0.233. The molecule has 2 fully saturated rings. The summed E-state index contributed by atoms with van der Waals surface area (Å²) in [5.74, 6) is 0.350. The van der Waals surface area contributed by atoms with E-state index in [1.54, 1.807) is 0 Å². The first-order valence-electron chi connectivity index (χ1n) is 16.5. The van der Waals surface area contributed by atoms with E-state index in [2.05, 4.69) is 67.5 Å². The lowest BCUT2D eigenvalue weighted by molar-refractivity contribution is -0.151. The predicted octanol–water partition coefficient (Wildman–Crippen LogP) is 7.10. The summed E-state index contributed by atoms with van der Waals surface area (Å²) in [7, 11) is 0. The van der Waals surface area contributed by atoms with Crippen LogP contribution in [-0.2, 0) is 23.9 Å². The van der Waals surface area contributed by atoms with E-state index in [0.717, 1.165) is 51.5 Å². The van der Waals surface area contributed by atoms with Crippen LogP contribution < -0.4 is 0 Å². The summed E-state index contributed by atoms with van der Waals surface area (Å²) in [6.45, 7) is 18.5. The average Bonchev–Trinajstić information content (AvgIpc) is 3.66. The molecule has 2 aliphatic rings. The largest absolute Gasteiger partial charge is 0.465 e. The van der Waals surface area contributed by atoms with Crippen molar-refractivity contribution in [1.82, 2.24) is 9.80 Å². The third-order valence-corrected chi connectivity index (χ3v) is 9.06. The van der Waals surface area contributed by atoms with Crippen LogP contribution in [0, 0.1) is 11.8 Å². The molecule has 1 aromatic carbocycles. The Morgan fingerprint density at radius 2 is 1.48 bits per heavy atom. The molecular formula is C37H56N2O5. The van der Waals surface area contributed by atoms with Gasteiger partial charge < -0.3 is 14.3 Å². The number of aldehydes is 1. The Bertz CT molecular complexity index is 1080. The van der Waals surface area contributed by atoms with Crippen LogP contribution in [0.2, 0.25) is 0 Å². The van der Waals surface area contributed by atoms with Gasteiger partial charge in [0.2, 0.25) is 0 Å². The van der Waals surface area contributed by atoms with Crippen molar-refractivity contribution in [2.45, 2.75) is 104 Å². The van der Waals surface area contributed by atoms with Crippen molar-refractivity contribution in [2.75, 3.05) is 26.3 Å². The van der Waals surface area contributed by atoms with E-state index in [-0.39, 0.29) is 42.0 Å². The molecule has 2 saturated heterocycles. The number of nitrogens with zero attached hydrogens (tertiary/aromatic N) is 2. The second-order valence-corrected chi connectivity index (χ2v) is 11.8. The number of hydrogen-bond donors (Lipinski definition) is 0. The van der Waals surface area contributed by atoms with E-state index in [1.165, 1.54) is 11.1 Å². The number of hydrogen-bond acceptors (Lipinski definition) is 7.